The number of carboxylic acid groups (broad SMARTS) is 1. The topological polar surface area (TPSA) is 88.5 Å². The molecule has 2 N–H and O–H groups in total. The molecule has 6 nitrogen and oxygen atoms in total. The van der Waals surface area contributed by atoms with Gasteiger partial charge >= 0.3 is 5.97 Å². The Bertz CT molecular complexity index is 469. The SMILES string of the molecule is COc1ccc(CNC(=O)CC(C)(C)CC(=O)O)cn1. The van der Waals surface area contributed by atoms with Crippen LogP contribution >= 0.6 is 0 Å². The zero-order valence-corrected chi connectivity index (χ0v) is 12.0. The molecule has 1 heterocycles. The first-order chi connectivity index (χ1) is 9.32. The third-order valence-electron chi connectivity index (χ3n) is 2.77. The first kappa shape index (κ1) is 15.9. The van der Waals surface area contributed by atoms with E-state index in [4.69, 9.17) is 9.84 Å². The van der Waals surface area contributed by atoms with Crippen LogP contribution in [-0.2, 0) is 16.1 Å². The second-order valence-electron chi connectivity index (χ2n) is 5.40. The van der Waals surface area contributed by atoms with Crippen LogP contribution in [0.3, 0.4) is 0 Å². The average Bonchev–Trinajstić information content (AvgIpc) is 2.34. The van der Waals surface area contributed by atoms with Gasteiger partial charge in [0.25, 0.3) is 0 Å². The quantitative estimate of drug-likeness (QED) is 0.792. The number of ether oxygens (including phenoxy) is 1. The van der Waals surface area contributed by atoms with Gasteiger partial charge < -0.3 is 15.2 Å². The van der Waals surface area contributed by atoms with Crippen molar-refractivity contribution in [3.63, 3.8) is 0 Å². The molecule has 1 aromatic rings. The number of amides is 1. The molecular weight excluding hydrogens is 260 g/mol. The molecule has 0 bridgehead atoms. The average molecular weight is 280 g/mol. The predicted molar refractivity (Wildman–Crippen MR) is 73.3 cm³/mol. The van der Waals surface area contributed by atoms with Crippen LogP contribution in [0.15, 0.2) is 18.3 Å². The summed E-state index contributed by atoms with van der Waals surface area (Å²) in [4.78, 5) is 26.5. The van der Waals surface area contributed by atoms with E-state index in [2.05, 4.69) is 10.3 Å². The molecular formula is C14H20N2O4. The largest absolute Gasteiger partial charge is 0.481 e. The first-order valence-electron chi connectivity index (χ1n) is 6.30. The van der Waals surface area contributed by atoms with Crippen LogP contribution < -0.4 is 10.1 Å². The Morgan fingerprint density at radius 3 is 2.55 bits per heavy atom. The van der Waals surface area contributed by atoms with E-state index >= 15 is 0 Å². The van der Waals surface area contributed by atoms with Gasteiger partial charge in [-0.25, -0.2) is 4.98 Å². The van der Waals surface area contributed by atoms with E-state index in [0.717, 1.165) is 5.56 Å². The van der Waals surface area contributed by atoms with Crippen molar-refractivity contribution >= 4 is 11.9 Å². The molecule has 0 saturated heterocycles. The monoisotopic (exact) mass is 280 g/mol. The van der Waals surface area contributed by atoms with Gasteiger partial charge in [0.15, 0.2) is 0 Å². The minimum absolute atomic E-state index is 0.0372. The Balaban J connectivity index is 2.44. The fourth-order valence-electron chi connectivity index (χ4n) is 1.81. The summed E-state index contributed by atoms with van der Waals surface area (Å²) in [5.41, 5.74) is 0.295. The lowest BCUT2D eigenvalue weighted by Gasteiger charge is -2.21. The lowest BCUT2D eigenvalue weighted by atomic mass is 9.85. The van der Waals surface area contributed by atoms with Crippen LogP contribution in [0, 0.1) is 5.41 Å². The van der Waals surface area contributed by atoms with Crippen molar-refractivity contribution in [1.29, 1.82) is 0 Å². The number of carbonyl (C=O) groups excluding carboxylic acids is 1. The van der Waals surface area contributed by atoms with Crippen LogP contribution in [0.4, 0.5) is 0 Å². The highest BCUT2D eigenvalue weighted by Crippen LogP contribution is 2.24. The lowest BCUT2D eigenvalue weighted by Crippen LogP contribution is -2.29. The van der Waals surface area contributed by atoms with E-state index in [1.807, 2.05) is 6.07 Å². The summed E-state index contributed by atoms with van der Waals surface area (Å²) in [7, 11) is 1.54. The third-order valence-corrected chi connectivity index (χ3v) is 2.77. The predicted octanol–water partition coefficient (Wildman–Crippen LogP) is 1.60. The molecule has 0 saturated carbocycles. The van der Waals surface area contributed by atoms with Crippen LogP contribution in [0.1, 0.15) is 32.3 Å². The molecule has 0 aliphatic rings. The van der Waals surface area contributed by atoms with Gasteiger partial charge in [0, 0.05) is 25.2 Å². The maximum Gasteiger partial charge on any atom is 0.303 e. The Morgan fingerprint density at radius 2 is 2.05 bits per heavy atom. The van der Waals surface area contributed by atoms with Crippen molar-refractivity contribution in [2.45, 2.75) is 33.2 Å². The first-order valence-corrected chi connectivity index (χ1v) is 6.30. The molecule has 0 spiro atoms. The zero-order valence-electron chi connectivity index (χ0n) is 12.0. The molecule has 0 fully saturated rings. The number of carbonyl (C=O) groups is 2. The Morgan fingerprint density at radius 1 is 1.35 bits per heavy atom. The molecule has 0 unspecified atom stereocenters. The summed E-state index contributed by atoms with van der Waals surface area (Å²) in [5, 5.41) is 11.5. The second-order valence-corrected chi connectivity index (χ2v) is 5.40. The number of aliphatic carboxylic acids is 1. The van der Waals surface area contributed by atoms with Gasteiger partial charge in [0.2, 0.25) is 11.8 Å². The maximum absolute atomic E-state index is 11.8. The smallest absolute Gasteiger partial charge is 0.303 e. The van der Waals surface area contributed by atoms with Crippen LogP contribution in [0.25, 0.3) is 0 Å². The van der Waals surface area contributed by atoms with Gasteiger partial charge in [-0.05, 0) is 11.0 Å². The Hall–Kier alpha value is -2.11. The van der Waals surface area contributed by atoms with Gasteiger partial charge in [0.1, 0.15) is 0 Å². The zero-order chi connectivity index (χ0) is 15.2. The number of hydrogen-bond acceptors (Lipinski definition) is 4. The molecule has 0 atom stereocenters. The van der Waals surface area contributed by atoms with E-state index in [1.165, 1.54) is 7.11 Å². The number of nitrogens with one attached hydrogen (secondary N) is 1. The Labute approximate surface area is 118 Å². The van der Waals surface area contributed by atoms with Gasteiger partial charge in [-0.3, -0.25) is 9.59 Å². The number of aromatic nitrogens is 1. The number of pyridine rings is 1. The maximum atomic E-state index is 11.8. The Kier molecular flexibility index (Phi) is 5.49. The van der Waals surface area contributed by atoms with E-state index in [-0.39, 0.29) is 18.7 Å². The number of hydrogen-bond donors (Lipinski definition) is 2. The van der Waals surface area contributed by atoms with Crippen molar-refractivity contribution in [1.82, 2.24) is 10.3 Å². The van der Waals surface area contributed by atoms with Gasteiger partial charge in [-0.1, -0.05) is 19.9 Å². The molecule has 110 valence electrons. The number of nitrogens with zero attached hydrogens (tertiary/aromatic N) is 1. The number of rotatable bonds is 7. The fourth-order valence-corrected chi connectivity index (χ4v) is 1.81. The summed E-state index contributed by atoms with van der Waals surface area (Å²) in [6.07, 6.45) is 1.76. The second kappa shape index (κ2) is 6.88. The minimum atomic E-state index is -0.901. The van der Waals surface area contributed by atoms with Gasteiger partial charge in [-0.15, -0.1) is 0 Å². The standard InChI is InChI=1S/C14H20N2O4/c1-14(2,7-13(18)19)6-11(17)15-8-10-4-5-12(20-3)16-9-10/h4-5,9H,6-8H2,1-3H3,(H,15,17)(H,18,19). The highest BCUT2D eigenvalue weighted by atomic mass is 16.5. The van der Waals surface area contributed by atoms with Crippen molar-refractivity contribution < 1.29 is 19.4 Å². The van der Waals surface area contributed by atoms with E-state index in [1.54, 1.807) is 26.1 Å². The molecule has 0 aromatic carbocycles. The highest BCUT2D eigenvalue weighted by molar-refractivity contribution is 5.77. The molecule has 1 amide bonds. The molecule has 1 rings (SSSR count). The van der Waals surface area contributed by atoms with E-state index in [9.17, 15) is 9.59 Å². The fraction of sp³-hybridized carbons (Fsp3) is 0.500. The summed E-state index contributed by atoms with van der Waals surface area (Å²) < 4.78 is 4.94. The van der Waals surface area contributed by atoms with Crippen LogP contribution in [0.2, 0.25) is 0 Å². The molecule has 0 radical (unpaired) electrons. The highest BCUT2D eigenvalue weighted by Gasteiger charge is 2.24. The third kappa shape index (κ3) is 5.69. The van der Waals surface area contributed by atoms with Crippen molar-refractivity contribution in [2.24, 2.45) is 5.41 Å². The molecule has 0 aliphatic heterocycles. The van der Waals surface area contributed by atoms with Gasteiger partial charge in [-0.2, -0.15) is 0 Å². The summed E-state index contributed by atoms with van der Waals surface area (Å²) in [5.74, 6) is -0.558. The van der Waals surface area contributed by atoms with E-state index < -0.39 is 11.4 Å². The van der Waals surface area contributed by atoms with E-state index in [0.29, 0.717) is 12.4 Å². The summed E-state index contributed by atoms with van der Waals surface area (Å²) >= 11 is 0. The molecule has 0 aliphatic carbocycles. The molecule has 20 heavy (non-hydrogen) atoms. The normalized spacial score (nSPS) is 10.9. The number of methoxy groups -OCH3 is 1. The van der Waals surface area contributed by atoms with Crippen molar-refractivity contribution in [3.8, 4) is 5.88 Å². The van der Waals surface area contributed by atoms with Gasteiger partial charge in [0.05, 0.1) is 13.5 Å². The van der Waals surface area contributed by atoms with Crippen LogP contribution in [0.5, 0.6) is 5.88 Å². The lowest BCUT2D eigenvalue weighted by molar-refractivity contribution is -0.139. The summed E-state index contributed by atoms with van der Waals surface area (Å²) in [6, 6.07) is 3.53. The number of carboxylic acids is 1. The van der Waals surface area contributed by atoms with Crippen molar-refractivity contribution in [2.75, 3.05) is 7.11 Å². The molecule has 6 heteroatoms. The summed E-state index contributed by atoms with van der Waals surface area (Å²) in [6.45, 7) is 3.88. The van der Waals surface area contributed by atoms with Crippen LogP contribution in [-0.4, -0.2) is 29.1 Å². The van der Waals surface area contributed by atoms with Crippen molar-refractivity contribution in [3.05, 3.63) is 23.9 Å². The minimum Gasteiger partial charge on any atom is -0.481 e. The molecule has 1 aromatic heterocycles.